The van der Waals surface area contributed by atoms with E-state index in [4.69, 9.17) is 15.2 Å². The number of ether oxygens (including phenoxy) is 2. The molecule has 0 unspecified atom stereocenters. The lowest BCUT2D eigenvalue weighted by atomic mass is 9.64. The van der Waals surface area contributed by atoms with Gasteiger partial charge in [0, 0.05) is 31.9 Å². The number of carbonyl (C=O) groups is 1. The highest BCUT2D eigenvalue weighted by Gasteiger charge is 2.49. The molecule has 282 valence electrons. The third kappa shape index (κ3) is 9.47. The number of hydrogen-bond donors (Lipinski definition) is 1. The minimum absolute atomic E-state index is 0.144. The summed E-state index contributed by atoms with van der Waals surface area (Å²) in [6.07, 6.45) is 11.3. The largest absolute Gasteiger partial charge is 0.496 e. The number of unbranched alkanes of at least 4 members (excludes halogenated alkanes) is 4. The van der Waals surface area contributed by atoms with Crippen molar-refractivity contribution in [2.75, 3.05) is 53.5 Å². The number of methoxy groups -OCH3 is 2. The maximum atomic E-state index is 13.4. The molecule has 1 amide bonds. The molecule has 8 heteroatoms. The van der Waals surface area contributed by atoms with Crippen molar-refractivity contribution < 1.29 is 14.3 Å². The van der Waals surface area contributed by atoms with Crippen molar-refractivity contribution in [3.05, 3.63) is 126 Å². The molecule has 4 aromatic rings. The standard InChI is InChI=1S/C45H59N5O3/c1-52-42-22-16-23-43(53-2)41(42)35-49-31-25-40(26-32-49)50(34-39-21-12-13-27-47-39)29-15-5-3-4-14-28-48-30-24-38(33-48)45(44(46)51,36-17-8-6-9-18-36)37-19-10-7-11-20-37/h6-13,16-23,27,38,40H,3-5,14-15,24-26,28-35H2,1-2H3,(H2,46,51)/t38-/m1/s1. The van der Waals surface area contributed by atoms with Crippen LogP contribution in [0.2, 0.25) is 0 Å². The second-order valence-corrected chi connectivity index (χ2v) is 14.9. The summed E-state index contributed by atoms with van der Waals surface area (Å²) in [6.45, 7) is 7.92. The SMILES string of the molecule is COc1cccc(OC)c1CN1CCC(N(CCCCCCCN2CC[C@@H](C(C(N)=O)(c3ccccc3)c3ccccc3)C2)Cc2ccccn2)CC1. The van der Waals surface area contributed by atoms with Crippen molar-refractivity contribution in [1.82, 2.24) is 19.7 Å². The van der Waals surface area contributed by atoms with E-state index in [1.807, 2.05) is 66.9 Å². The molecule has 2 aliphatic heterocycles. The zero-order valence-corrected chi connectivity index (χ0v) is 31.9. The minimum atomic E-state index is -0.821. The number of likely N-dealkylation sites (tertiary alicyclic amines) is 2. The van der Waals surface area contributed by atoms with Crippen LogP contribution < -0.4 is 15.2 Å². The Morgan fingerprint density at radius 3 is 1.96 bits per heavy atom. The highest BCUT2D eigenvalue weighted by molar-refractivity contribution is 5.91. The lowest BCUT2D eigenvalue weighted by Crippen LogP contribution is -2.49. The first-order valence-electron chi connectivity index (χ1n) is 19.7. The summed E-state index contributed by atoms with van der Waals surface area (Å²) in [5.74, 6) is 1.68. The second-order valence-electron chi connectivity index (χ2n) is 14.9. The van der Waals surface area contributed by atoms with Gasteiger partial charge in [0.15, 0.2) is 0 Å². The molecule has 2 saturated heterocycles. The first-order chi connectivity index (χ1) is 26.0. The number of aromatic nitrogens is 1. The summed E-state index contributed by atoms with van der Waals surface area (Å²) in [5, 5.41) is 0. The molecule has 0 aliphatic carbocycles. The molecule has 8 nitrogen and oxygen atoms in total. The number of nitrogens with zero attached hydrogens (tertiary/aromatic N) is 4. The van der Waals surface area contributed by atoms with Gasteiger partial charge in [0.1, 0.15) is 16.9 Å². The molecular formula is C45H59N5O3. The first-order valence-corrected chi connectivity index (χ1v) is 19.7. The molecule has 53 heavy (non-hydrogen) atoms. The molecule has 0 saturated carbocycles. The fourth-order valence-corrected chi connectivity index (χ4v) is 8.94. The van der Waals surface area contributed by atoms with Gasteiger partial charge in [-0.05, 0) is 106 Å². The number of hydrogen-bond acceptors (Lipinski definition) is 7. The van der Waals surface area contributed by atoms with Crippen molar-refractivity contribution in [3.63, 3.8) is 0 Å². The Hall–Kier alpha value is -4.24. The van der Waals surface area contributed by atoms with Crippen LogP contribution in [0.15, 0.2) is 103 Å². The van der Waals surface area contributed by atoms with E-state index in [9.17, 15) is 4.79 Å². The average molecular weight is 718 g/mol. The second kappa shape index (κ2) is 19.2. The van der Waals surface area contributed by atoms with Gasteiger partial charge in [0.25, 0.3) is 0 Å². The fraction of sp³-hybridized carbons (Fsp3) is 0.467. The lowest BCUT2D eigenvalue weighted by molar-refractivity contribution is -0.123. The van der Waals surface area contributed by atoms with Crippen LogP contribution in [0, 0.1) is 5.92 Å². The molecule has 3 heterocycles. The third-order valence-corrected chi connectivity index (χ3v) is 11.7. The van der Waals surface area contributed by atoms with E-state index in [0.717, 1.165) is 106 Å². The number of benzene rings is 3. The molecular weight excluding hydrogens is 659 g/mol. The van der Waals surface area contributed by atoms with Crippen molar-refractivity contribution in [3.8, 4) is 11.5 Å². The maximum Gasteiger partial charge on any atom is 0.232 e. The molecule has 1 atom stereocenters. The predicted octanol–water partition coefficient (Wildman–Crippen LogP) is 7.31. The summed E-state index contributed by atoms with van der Waals surface area (Å²) in [5.41, 5.74) is 9.78. The van der Waals surface area contributed by atoms with Crippen LogP contribution in [-0.2, 0) is 23.3 Å². The van der Waals surface area contributed by atoms with E-state index in [-0.39, 0.29) is 11.8 Å². The number of carbonyl (C=O) groups excluding carboxylic acids is 1. The molecule has 2 fully saturated rings. The van der Waals surface area contributed by atoms with Crippen molar-refractivity contribution in [2.45, 2.75) is 75.9 Å². The minimum Gasteiger partial charge on any atom is -0.496 e. The van der Waals surface area contributed by atoms with E-state index in [1.165, 1.54) is 32.1 Å². The number of nitrogens with two attached hydrogens (primary N) is 1. The number of primary amides is 1. The summed E-state index contributed by atoms with van der Waals surface area (Å²) < 4.78 is 11.4. The van der Waals surface area contributed by atoms with Crippen LogP contribution in [0.3, 0.4) is 0 Å². The number of piperidine rings is 1. The van der Waals surface area contributed by atoms with Gasteiger partial charge in [0.2, 0.25) is 5.91 Å². The van der Waals surface area contributed by atoms with E-state index >= 15 is 0 Å². The first kappa shape index (κ1) is 38.5. The van der Waals surface area contributed by atoms with Crippen LogP contribution in [-0.4, -0.2) is 85.1 Å². The van der Waals surface area contributed by atoms with Gasteiger partial charge in [-0.15, -0.1) is 0 Å². The fourth-order valence-electron chi connectivity index (χ4n) is 8.94. The Kier molecular flexibility index (Phi) is 13.9. The van der Waals surface area contributed by atoms with Crippen LogP contribution in [0.4, 0.5) is 0 Å². The van der Waals surface area contributed by atoms with Gasteiger partial charge in [-0.1, -0.05) is 92.1 Å². The average Bonchev–Trinajstić information content (AvgIpc) is 3.67. The van der Waals surface area contributed by atoms with Crippen LogP contribution in [0.1, 0.15) is 73.8 Å². The van der Waals surface area contributed by atoms with Gasteiger partial charge in [-0.25, -0.2) is 0 Å². The van der Waals surface area contributed by atoms with Crippen LogP contribution >= 0.6 is 0 Å². The maximum absolute atomic E-state index is 13.4. The molecule has 6 rings (SSSR count). The lowest BCUT2D eigenvalue weighted by Gasteiger charge is -2.39. The molecule has 3 aromatic carbocycles. The summed E-state index contributed by atoms with van der Waals surface area (Å²) in [4.78, 5) is 25.9. The van der Waals surface area contributed by atoms with Crippen molar-refractivity contribution in [2.24, 2.45) is 11.7 Å². The Morgan fingerprint density at radius 2 is 1.36 bits per heavy atom. The zero-order valence-electron chi connectivity index (χ0n) is 31.9. The zero-order chi connectivity index (χ0) is 36.9. The quantitative estimate of drug-likeness (QED) is 0.102. The Bertz CT molecular complexity index is 1620. The number of pyridine rings is 1. The molecule has 0 spiro atoms. The Labute approximate surface area is 317 Å². The molecule has 1 aromatic heterocycles. The highest BCUT2D eigenvalue weighted by atomic mass is 16.5. The van der Waals surface area contributed by atoms with Crippen LogP contribution in [0.25, 0.3) is 0 Å². The van der Waals surface area contributed by atoms with Crippen LogP contribution in [0.5, 0.6) is 11.5 Å². The Balaban J connectivity index is 0.969. The molecule has 0 bridgehead atoms. The summed E-state index contributed by atoms with van der Waals surface area (Å²) in [6, 6.07) is 33.2. The van der Waals surface area contributed by atoms with Gasteiger partial charge in [-0.2, -0.15) is 0 Å². The molecule has 2 N–H and O–H groups in total. The summed E-state index contributed by atoms with van der Waals surface area (Å²) in [7, 11) is 3.47. The number of amides is 1. The molecule has 0 radical (unpaired) electrons. The highest BCUT2D eigenvalue weighted by Crippen LogP contribution is 2.43. The van der Waals surface area contributed by atoms with Gasteiger partial charge >= 0.3 is 0 Å². The van der Waals surface area contributed by atoms with Crippen molar-refractivity contribution >= 4 is 5.91 Å². The predicted molar refractivity (Wildman–Crippen MR) is 213 cm³/mol. The molecule has 2 aliphatic rings. The Morgan fingerprint density at radius 1 is 0.755 bits per heavy atom. The topological polar surface area (TPSA) is 84.2 Å². The van der Waals surface area contributed by atoms with E-state index in [0.29, 0.717) is 6.04 Å². The smallest absolute Gasteiger partial charge is 0.232 e. The van der Waals surface area contributed by atoms with E-state index < -0.39 is 5.41 Å². The third-order valence-electron chi connectivity index (χ3n) is 11.7. The van der Waals surface area contributed by atoms with Gasteiger partial charge in [-0.3, -0.25) is 19.6 Å². The summed E-state index contributed by atoms with van der Waals surface area (Å²) >= 11 is 0. The number of rotatable bonds is 19. The van der Waals surface area contributed by atoms with Gasteiger partial charge < -0.3 is 20.1 Å². The van der Waals surface area contributed by atoms with Crippen molar-refractivity contribution in [1.29, 1.82) is 0 Å². The monoisotopic (exact) mass is 717 g/mol. The van der Waals surface area contributed by atoms with E-state index in [2.05, 4.69) is 56.1 Å². The van der Waals surface area contributed by atoms with E-state index in [1.54, 1.807) is 14.2 Å². The normalized spacial score (nSPS) is 17.3. The van der Waals surface area contributed by atoms with Gasteiger partial charge in [0.05, 0.1) is 25.5 Å².